The monoisotopic (exact) mass is 295 g/mol. The van der Waals surface area contributed by atoms with Crippen LogP contribution in [0.3, 0.4) is 0 Å². The fraction of sp³-hybridized carbons (Fsp3) is 0.643. The lowest BCUT2D eigenvalue weighted by Gasteiger charge is -2.30. The summed E-state index contributed by atoms with van der Waals surface area (Å²) in [4.78, 5) is 8.41. The summed E-state index contributed by atoms with van der Waals surface area (Å²) < 4.78 is 1.85. The molecule has 0 fully saturated rings. The molecule has 0 saturated carbocycles. The van der Waals surface area contributed by atoms with Crippen LogP contribution in [0.15, 0.2) is 11.3 Å². The molecule has 21 heavy (non-hydrogen) atoms. The van der Waals surface area contributed by atoms with Gasteiger partial charge in [-0.25, -0.2) is 9.98 Å². The number of hydrogen-bond donors (Lipinski definition) is 4. The number of aliphatic imine (C=N–C) groups is 1. The molecule has 0 aliphatic heterocycles. The predicted molar refractivity (Wildman–Crippen MR) is 83.2 cm³/mol. The third-order valence-electron chi connectivity index (χ3n) is 4.10. The molecule has 0 radical (unpaired) electrons. The van der Waals surface area contributed by atoms with Gasteiger partial charge in [-0.05, 0) is 25.7 Å². The van der Waals surface area contributed by atoms with Crippen LogP contribution in [0.4, 0.5) is 5.82 Å². The fourth-order valence-electron chi connectivity index (χ4n) is 2.30. The molecular weight excluding hydrogens is 270 g/mol. The first kappa shape index (κ1) is 17.3. The first-order valence-electron chi connectivity index (χ1n) is 7.03. The molecule has 1 aromatic heterocycles. The van der Waals surface area contributed by atoms with Crippen LogP contribution in [0.25, 0.3) is 0 Å². The van der Waals surface area contributed by atoms with E-state index < -0.39 is 6.10 Å². The SMILES string of the molecule is CC=Nc1c(C(=N)N)ncn1C(C)[C@@H](C)[C@@H](C)C(O)CO. The van der Waals surface area contributed by atoms with Crippen LogP contribution < -0.4 is 5.73 Å². The molecule has 118 valence electrons. The van der Waals surface area contributed by atoms with Crippen molar-refractivity contribution in [3.8, 4) is 0 Å². The van der Waals surface area contributed by atoms with Gasteiger partial charge in [-0.3, -0.25) is 5.41 Å². The highest BCUT2D eigenvalue weighted by molar-refractivity contribution is 5.97. The molecule has 0 bridgehead atoms. The van der Waals surface area contributed by atoms with Crippen molar-refractivity contribution in [1.29, 1.82) is 5.41 Å². The Bertz CT molecular complexity index is 511. The zero-order valence-corrected chi connectivity index (χ0v) is 13.0. The van der Waals surface area contributed by atoms with E-state index in [0.717, 1.165) is 0 Å². The van der Waals surface area contributed by atoms with Gasteiger partial charge in [-0.2, -0.15) is 0 Å². The predicted octanol–water partition coefficient (Wildman–Crippen LogP) is 1.08. The summed E-state index contributed by atoms with van der Waals surface area (Å²) in [6, 6.07) is -0.0134. The van der Waals surface area contributed by atoms with Gasteiger partial charge in [0.25, 0.3) is 0 Å². The summed E-state index contributed by atoms with van der Waals surface area (Å²) in [6.07, 6.45) is 2.47. The van der Waals surface area contributed by atoms with E-state index in [1.54, 1.807) is 19.5 Å². The molecule has 5 N–H and O–H groups in total. The number of nitrogen functional groups attached to an aromatic ring is 1. The number of aliphatic hydroxyl groups is 2. The molecule has 7 nitrogen and oxygen atoms in total. The van der Waals surface area contributed by atoms with Gasteiger partial charge < -0.3 is 20.5 Å². The molecule has 1 rings (SSSR count). The number of amidine groups is 1. The van der Waals surface area contributed by atoms with Gasteiger partial charge in [0.05, 0.1) is 19.0 Å². The standard InChI is InChI=1S/C14H25N5O2/c1-5-17-14-12(13(15)16)18-7-19(14)10(4)8(2)9(3)11(21)6-20/h5,7-11,20-21H,6H2,1-4H3,(H3,15,16)/t8-,9+,10?,11?/m0/s1. The van der Waals surface area contributed by atoms with Crippen molar-refractivity contribution >= 4 is 17.9 Å². The van der Waals surface area contributed by atoms with E-state index >= 15 is 0 Å². The van der Waals surface area contributed by atoms with Crippen LogP contribution >= 0.6 is 0 Å². The quantitative estimate of drug-likeness (QED) is 0.444. The number of imidazole rings is 1. The van der Waals surface area contributed by atoms with E-state index in [1.807, 2.05) is 25.3 Å². The average Bonchev–Trinajstić information content (AvgIpc) is 2.88. The number of hydrogen-bond acceptors (Lipinski definition) is 5. The van der Waals surface area contributed by atoms with Gasteiger partial charge in [0.1, 0.15) is 11.5 Å². The van der Waals surface area contributed by atoms with Crippen molar-refractivity contribution in [3.05, 3.63) is 12.0 Å². The molecule has 0 saturated heterocycles. The van der Waals surface area contributed by atoms with E-state index in [4.69, 9.17) is 16.2 Å². The van der Waals surface area contributed by atoms with Crippen LogP contribution in [0.2, 0.25) is 0 Å². The molecule has 2 unspecified atom stereocenters. The van der Waals surface area contributed by atoms with Crippen LogP contribution in [0.5, 0.6) is 0 Å². The summed E-state index contributed by atoms with van der Waals surface area (Å²) in [5, 5.41) is 26.4. The van der Waals surface area contributed by atoms with Crippen molar-refractivity contribution in [1.82, 2.24) is 9.55 Å². The summed E-state index contributed by atoms with van der Waals surface area (Å²) >= 11 is 0. The minimum absolute atomic E-state index is 0.0134. The third-order valence-corrected chi connectivity index (χ3v) is 4.10. The van der Waals surface area contributed by atoms with E-state index in [0.29, 0.717) is 11.5 Å². The van der Waals surface area contributed by atoms with Crippen LogP contribution in [-0.2, 0) is 0 Å². The highest BCUT2D eigenvalue weighted by atomic mass is 16.3. The average molecular weight is 295 g/mol. The van der Waals surface area contributed by atoms with Gasteiger partial charge in [-0.1, -0.05) is 13.8 Å². The Morgan fingerprint density at radius 1 is 1.48 bits per heavy atom. The Balaban J connectivity index is 3.12. The number of nitrogens with zero attached hydrogens (tertiary/aromatic N) is 3. The first-order valence-corrected chi connectivity index (χ1v) is 7.03. The van der Waals surface area contributed by atoms with Gasteiger partial charge in [0, 0.05) is 12.3 Å². The van der Waals surface area contributed by atoms with Gasteiger partial charge in [0.2, 0.25) is 0 Å². The van der Waals surface area contributed by atoms with E-state index in [9.17, 15) is 5.11 Å². The van der Waals surface area contributed by atoms with Gasteiger partial charge in [-0.15, -0.1) is 0 Å². The topological polar surface area (TPSA) is 121 Å². The van der Waals surface area contributed by atoms with Crippen molar-refractivity contribution < 1.29 is 10.2 Å². The van der Waals surface area contributed by atoms with Crippen molar-refractivity contribution in [2.75, 3.05) is 6.61 Å². The Hall–Kier alpha value is -1.73. The van der Waals surface area contributed by atoms with Crippen molar-refractivity contribution in [2.45, 2.75) is 39.8 Å². The van der Waals surface area contributed by atoms with Crippen molar-refractivity contribution in [2.24, 2.45) is 22.6 Å². The minimum atomic E-state index is -0.767. The number of nitrogens with one attached hydrogen (secondary N) is 1. The number of nitrogens with two attached hydrogens (primary N) is 1. The lowest BCUT2D eigenvalue weighted by atomic mass is 9.86. The Morgan fingerprint density at radius 2 is 2.10 bits per heavy atom. The molecule has 0 amide bonds. The smallest absolute Gasteiger partial charge is 0.163 e. The molecule has 1 aromatic rings. The molecule has 0 aliphatic rings. The number of rotatable bonds is 7. The number of aliphatic hydroxyl groups excluding tert-OH is 2. The highest BCUT2D eigenvalue weighted by Gasteiger charge is 2.27. The molecule has 0 spiro atoms. The molecule has 0 aromatic carbocycles. The minimum Gasteiger partial charge on any atom is -0.394 e. The molecule has 0 aliphatic carbocycles. The van der Waals surface area contributed by atoms with Crippen LogP contribution in [0.1, 0.15) is 39.4 Å². The van der Waals surface area contributed by atoms with E-state index in [2.05, 4.69) is 9.98 Å². The first-order chi connectivity index (χ1) is 9.84. The van der Waals surface area contributed by atoms with Gasteiger partial charge >= 0.3 is 0 Å². The molecule has 4 atom stereocenters. The molecular formula is C14H25N5O2. The maximum absolute atomic E-state index is 9.80. The van der Waals surface area contributed by atoms with Crippen LogP contribution in [-0.4, -0.2) is 44.5 Å². The van der Waals surface area contributed by atoms with Gasteiger partial charge in [0.15, 0.2) is 5.82 Å². The zero-order chi connectivity index (χ0) is 16.2. The maximum atomic E-state index is 9.80. The van der Waals surface area contributed by atoms with Crippen LogP contribution in [0, 0.1) is 17.2 Å². The largest absolute Gasteiger partial charge is 0.394 e. The van der Waals surface area contributed by atoms with E-state index in [-0.39, 0.29) is 30.3 Å². The molecule has 1 heterocycles. The fourth-order valence-corrected chi connectivity index (χ4v) is 2.30. The van der Waals surface area contributed by atoms with Crippen molar-refractivity contribution in [3.63, 3.8) is 0 Å². The second-order valence-electron chi connectivity index (χ2n) is 5.33. The summed E-state index contributed by atoms with van der Waals surface area (Å²) in [5.41, 5.74) is 5.87. The Kier molecular flexibility index (Phi) is 6.04. The zero-order valence-electron chi connectivity index (χ0n) is 13.0. The maximum Gasteiger partial charge on any atom is 0.163 e. The Labute approximate surface area is 125 Å². The lowest BCUT2D eigenvalue weighted by Crippen LogP contribution is -2.31. The third kappa shape index (κ3) is 3.68. The lowest BCUT2D eigenvalue weighted by molar-refractivity contribution is 0.0245. The number of aromatic nitrogens is 2. The molecule has 7 heteroatoms. The second kappa shape index (κ2) is 7.33. The normalized spacial score (nSPS) is 17.6. The Morgan fingerprint density at radius 3 is 2.57 bits per heavy atom. The van der Waals surface area contributed by atoms with E-state index in [1.165, 1.54) is 0 Å². The summed E-state index contributed by atoms with van der Waals surface area (Å²) in [6.45, 7) is 7.41. The second-order valence-corrected chi connectivity index (χ2v) is 5.33. The summed E-state index contributed by atoms with van der Waals surface area (Å²) in [7, 11) is 0. The highest BCUT2D eigenvalue weighted by Crippen LogP contribution is 2.31. The summed E-state index contributed by atoms with van der Waals surface area (Å²) in [5.74, 6) is 0.395.